The van der Waals surface area contributed by atoms with E-state index in [9.17, 15) is 18.0 Å². The summed E-state index contributed by atoms with van der Waals surface area (Å²) in [6.07, 6.45) is 2.60. The van der Waals surface area contributed by atoms with Crippen LogP contribution in [0.15, 0.2) is 30.7 Å². The predicted octanol–water partition coefficient (Wildman–Crippen LogP) is 4.76. The highest BCUT2D eigenvalue weighted by Crippen LogP contribution is 2.53. The number of benzene rings is 1. The van der Waals surface area contributed by atoms with Crippen molar-refractivity contribution in [2.24, 2.45) is 11.3 Å². The summed E-state index contributed by atoms with van der Waals surface area (Å²) < 4.78 is 46.1. The van der Waals surface area contributed by atoms with Crippen LogP contribution in [0.1, 0.15) is 44.0 Å². The highest BCUT2D eigenvalue weighted by molar-refractivity contribution is 5.97. The molecule has 0 bridgehead atoms. The fourth-order valence-corrected chi connectivity index (χ4v) is 4.92. The van der Waals surface area contributed by atoms with Crippen molar-refractivity contribution < 1.29 is 22.7 Å². The Morgan fingerprint density at radius 3 is 2.62 bits per heavy atom. The Hall–Kier alpha value is -2.84. The number of alkyl halides is 2. The topological polar surface area (TPSA) is 58.6 Å². The largest absolute Gasteiger partial charge is 0.451 e. The molecule has 1 aromatic heterocycles. The van der Waals surface area contributed by atoms with E-state index in [0.717, 1.165) is 36.0 Å². The fourth-order valence-electron chi connectivity index (χ4n) is 4.92. The van der Waals surface area contributed by atoms with Gasteiger partial charge < -0.3 is 14.5 Å². The van der Waals surface area contributed by atoms with Crippen LogP contribution in [-0.2, 0) is 0 Å². The van der Waals surface area contributed by atoms with Gasteiger partial charge >= 0.3 is 0 Å². The van der Waals surface area contributed by atoms with Gasteiger partial charge in [-0.2, -0.15) is 0 Å². The number of amides is 1. The summed E-state index contributed by atoms with van der Waals surface area (Å²) in [6, 6.07) is 3.00. The number of hydrogen-bond acceptors (Lipinski definition) is 5. The molecule has 0 unspecified atom stereocenters. The average molecular weight is 448 g/mol. The zero-order valence-corrected chi connectivity index (χ0v) is 18.4. The smallest absolute Gasteiger partial charge is 0.258 e. The van der Waals surface area contributed by atoms with Gasteiger partial charge in [-0.15, -0.1) is 0 Å². The van der Waals surface area contributed by atoms with Crippen molar-refractivity contribution in [1.29, 1.82) is 0 Å². The molecular formula is C23H27F3N4O2. The lowest BCUT2D eigenvalue weighted by molar-refractivity contribution is 0.0329. The predicted molar refractivity (Wildman–Crippen MR) is 114 cm³/mol. The quantitative estimate of drug-likeness (QED) is 0.611. The number of aromatic nitrogens is 2. The molecule has 1 aliphatic heterocycles. The van der Waals surface area contributed by atoms with Gasteiger partial charge in [-0.3, -0.25) is 4.79 Å². The molecule has 1 aromatic carbocycles. The monoisotopic (exact) mass is 448 g/mol. The molecule has 1 spiro atoms. The standard InChI is InChI=1S/C23H27F3N4O2/c1-14(2)30(10-20(25)26)22(31)17-6-16(24)4-5-18(17)32-19-9-27-13-28-21(19)29-11-23(12-29)7-15(3)8-23/h4-6,9,13-15,20H,7-8,10-12H2,1-3H3. The van der Waals surface area contributed by atoms with Gasteiger partial charge in [0.1, 0.15) is 17.9 Å². The Morgan fingerprint density at radius 1 is 1.28 bits per heavy atom. The Kier molecular flexibility index (Phi) is 6.01. The van der Waals surface area contributed by atoms with Gasteiger partial charge in [0.25, 0.3) is 12.3 Å². The molecule has 9 heteroatoms. The maximum atomic E-state index is 14.0. The molecule has 1 saturated carbocycles. The van der Waals surface area contributed by atoms with E-state index in [-0.39, 0.29) is 11.3 Å². The van der Waals surface area contributed by atoms with Gasteiger partial charge in [-0.25, -0.2) is 23.1 Å². The lowest BCUT2D eigenvalue weighted by atomic mass is 9.58. The van der Waals surface area contributed by atoms with Crippen LogP contribution in [0.4, 0.5) is 19.0 Å². The van der Waals surface area contributed by atoms with Crippen LogP contribution in [0.2, 0.25) is 0 Å². The Bertz CT molecular complexity index is 987. The summed E-state index contributed by atoms with van der Waals surface area (Å²) in [4.78, 5) is 24.5. The lowest BCUT2D eigenvalue weighted by Crippen LogP contribution is -2.62. The number of hydrogen-bond donors (Lipinski definition) is 0. The fraction of sp³-hybridized carbons (Fsp3) is 0.522. The lowest BCUT2D eigenvalue weighted by Gasteiger charge is -2.59. The van der Waals surface area contributed by atoms with E-state index >= 15 is 0 Å². The van der Waals surface area contributed by atoms with Gasteiger partial charge in [0.15, 0.2) is 11.6 Å². The van der Waals surface area contributed by atoms with Gasteiger partial charge in [-0.05, 0) is 50.8 Å². The van der Waals surface area contributed by atoms with Crippen molar-refractivity contribution in [2.45, 2.75) is 46.1 Å². The molecule has 0 atom stereocenters. The van der Waals surface area contributed by atoms with Crippen LogP contribution >= 0.6 is 0 Å². The number of carbonyl (C=O) groups excluding carboxylic acids is 1. The molecule has 2 heterocycles. The minimum absolute atomic E-state index is 0.0693. The number of nitrogens with zero attached hydrogens (tertiary/aromatic N) is 4. The minimum Gasteiger partial charge on any atom is -0.451 e. The summed E-state index contributed by atoms with van der Waals surface area (Å²) in [5.41, 5.74) is 0.216. The third kappa shape index (κ3) is 4.38. The van der Waals surface area contributed by atoms with Crippen LogP contribution < -0.4 is 9.64 Å². The number of anilines is 1. The first kappa shape index (κ1) is 22.4. The van der Waals surface area contributed by atoms with E-state index < -0.39 is 30.7 Å². The van der Waals surface area contributed by atoms with E-state index in [2.05, 4.69) is 21.8 Å². The molecule has 0 radical (unpaired) electrons. The van der Waals surface area contributed by atoms with Crippen LogP contribution in [-0.4, -0.2) is 52.9 Å². The molecule has 4 rings (SSSR count). The van der Waals surface area contributed by atoms with Gasteiger partial charge in [0.2, 0.25) is 0 Å². The van der Waals surface area contributed by atoms with Crippen molar-refractivity contribution >= 4 is 11.7 Å². The Morgan fingerprint density at radius 2 is 2.00 bits per heavy atom. The molecule has 172 valence electrons. The van der Waals surface area contributed by atoms with Crippen molar-refractivity contribution in [1.82, 2.24) is 14.9 Å². The van der Waals surface area contributed by atoms with E-state index in [4.69, 9.17) is 4.74 Å². The van der Waals surface area contributed by atoms with Crippen LogP contribution in [0.25, 0.3) is 0 Å². The van der Waals surface area contributed by atoms with Crippen molar-refractivity contribution in [3.63, 3.8) is 0 Å². The minimum atomic E-state index is -2.71. The van der Waals surface area contributed by atoms with Gasteiger partial charge in [0, 0.05) is 24.5 Å². The van der Waals surface area contributed by atoms with Gasteiger partial charge in [0.05, 0.1) is 18.3 Å². The Balaban J connectivity index is 1.59. The Labute approximate surface area is 185 Å². The summed E-state index contributed by atoms with van der Waals surface area (Å²) in [7, 11) is 0. The molecule has 2 fully saturated rings. The molecule has 1 saturated heterocycles. The molecule has 32 heavy (non-hydrogen) atoms. The summed E-state index contributed by atoms with van der Waals surface area (Å²) in [6.45, 7) is 6.49. The summed E-state index contributed by atoms with van der Waals surface area (Å²) in [5, 5.41) is 0. The first-order valence-corrected chi connectivity index (χ1v) is 10.8. The molecule has 1 aliphatic carbocycles. The first-order chi connectivity index (χ1) is 15.2. The normalized spacial score (nSPS) is 17.4. The highest BCUT2D eigenvalue weighted by Gasteiger charge is 2.51. The summed E-state index contributed by atoms with van der Waals surface area (Å²) >= 11 is 0. The zero-order valence-electron chi connectivity index (χ0n) is 18.4. The van der Waals surface area contributed by atoms with Crippen molar-refractivity contribution in [3.05, 3.63) is 42.1 Å². The highest BCUT2D eigenvalue weighted by atomic mass is 19.3. The van der Waals surface area contributed by atoms with E-state index in [1.807, 2.05) is 0 Å². The van der Waals surface area contributed by atoms with Crippen LogP contribution in [0.3, 0.4) is 0 Å². The molecule has 6 nitrogen and oxygen atoms in total. The van der Waals surface area contributed by atoms with E-state index in [1.54, 1.807) is 13.8 Å². The number of halogens is 3. The maximum absolute atomic E-state index is 14.0. The number of ether oxygens (including phenoxy) is 1. The zero-order chi connectivity index (χ0) is 23.0. The first-order valence-electron chi connectivity index (χ1n) is 10.8. The molecule has 2 aromatic rings. The maximum Gasteiger partial charge on any atom is 0.258 e. The van der Waals surface area contributed by atoms with Gasteiger partial charge in [-0.1, -0.05) is 6.92 Å². The van der Waals surface area contributed by atoms with Crippen molar-refractivity contribution in [2.75, 3.05) is 24.5 Å². The third-order valence-electron chi connectivity index (χ3n) is 6.18. The molecule has 1 amide bonds. The SMILES string of the molecule is CC1CC2(C1)CN(c1ncncc1Oc1ccc(F)cc1C(=O)N(CC(F)F)C(C)C)C2. The van der Waals surface area contributed by atoms with Crippen molar-refractivity contribution in [3.8, 4) is 11.5 Å². The second kappa shape index (κ2) is 8.60. The van der Waals surface area contributed by atoms with E-state index in [1.165, 1.54) is 31.4 Å². The molecule has 0 N–H and O–H groups in total. The molecule has 2 aliphatic rings. The molecular weight excluding hydrogens is 421 g/mol. The number of rotatable bonds is 7. The van der Waals surface area contributed by atoms with E-state index in [0.29, 0.717) is 17.0 Å². The second-order valence-corrected chi connectivity index (χ2v) is 9.26. The average Bonchev–Trinajstić information content (AvgIpc) is 2.69. The summed E-state index contributed by atoms with van der Waals surface area (Å²) in [5.74, 6) is 0.360. The second-order valence-electron chi connectivity index (χ2n) is 9.26. The van der Waals surface area contributed by atoms with Crippen LogP contribution in [0.5, 0.6) is 11.5 Å². The number of carbonyl (C=O) groups is 1. The third-order valence-corrected chi connectivity index (χ3v) is 6.18. The van der Waals surface area contributed by atoms with Crippen LogP contribution in [0, 0.1) is 17.2 Å².